The Kier molecular flexibility index (Phi) is 7.15. The number of nitrogens with zero attached hydrogens (tertiary/aromatic N) is 3. The molecule has 1 saturated heterocycles. The number of amides is 2. The van der Waals surface area contributed by atoms with Crippen LogP contribution in [-0.2, 0) is 9.59 Å². The predicted octanol–water partition coefficient (Wildman–Crippen LogP) is 1.29. The van der Waals surface area contributed by atoms with Gasteiger partial charge in [-0.15, -0.1) is 0 Å². The van der Waals surface area contributed by atoms with Gasteiger partial charge in [-0.05, 0) is 39.2 Å². The SMILES string of the molecule is CCN(CC)C(=O)CN(C)CC(=O)N1CC(C)CC(C)C1. The number of rotatable bonds is 6. The summed E-state index contributed by atoms with van der Waals surface area (Å²) in [7, 11) is 1.84. The lowest BCUT2D eigenvalue weighted by Crippen LogP contribution is -2.48. The second-order valence-electron chi connectivity index (χ2n) is 6.48. The van der Waals surface area contributed by atoms with Crippen LogP contribution in [0, 0.1) is 11.8 Å². The Labute approximate surface area is 129 Å². The highest BCUT2D eigenvalue weighted by atomic mass is 16.2. The van der Waals surface area contributed by atoms with E-state index < -0.39 is 0 Å². The molecule has 0 saturated carbocycles. The van der Waals surface area contributed by atoms with Crippen molar-refractivity contribution in [2.24, 2.45) is 11.8 Å². The Morgan fingerprint density at radius 2 is 1.57 bits per heavy atom. The van der Waals surface area contributed by atoms with Crippen LogP contribution in [0.4, 0.5) is 0 Å². The molecule has 122 valence electrons. The predicted molar refractivity (Wildman–Crippen MR) is 85.0 cm³/mol. The van der Waals surface area contributed by atoms with Gasteiger partial charge in [0.2, 0.25) is 11.8 Å². The van der Waals surface area contributed by atoms with E-state index in [9.17, 15) is 9.59 Å². The van der Waals surface area contributed by atoms with Gasteiger partial charge in [0.15, 0.2) is 0 Å². The van der Waals surface area contributed by atoms with Crippen molar-refractivity contribution in [3.8, 4) is 0 Å². The molecule has 1 aliphatic heterocycles. The topological polar surface area (TPSA) is 43.9 Å². The van der Waals surface area contributed by atoms with Crippen LogP contribution in [0.3, 0.4) is 0 Å². The highest BCUT2D eigenvalue weighted by Gasteiger charge is 2.26. The summed E-state index contributed by atoms with van der Waals surface area (Å²) in [5, 5.41) is 0. The minimum Gasteiger partial charge on any atom is -0.342 e. The van der Waals surface area contributed by atoms with Crippen LogP contribution in [0.1, 0.15) is 34.1 Å². The minimum absolute atomic E-state index is 0.0932. The third-order valence-corrected chi connectivity index (χ3v) is 4.15. The van der Waals surface area contributed by atoms with Gasteiger partial charge in [0, 0.05) is 26.2 Å². The number of carbonyl (C=O) groups is 2. The Morgan fingerprint density at radius 1 is 1.05 bits per heavy atom. The lowest BCUT2D eigenvalue weighted by molar-refractivity contribution is -0.136. The fraction of sp³-hybridized carbons (Fsp3) is 0.875. The van der Waals surface area contributed by atoms with Gasteiger partial charge < -0.3 is 9.80 Å². The fourth-order valence-corrected chi connectivity index (χ4v) is 3.16. The van der Waals surface area contributed by atoms with Crippen LogP contribution in [-0.4, -0.2) is 72.8 Å². The number of piperidine rings is 1. The standard InChI is InChI=1S/C16H31N3O2/c1-6-18(7-2)15(20)11-17(5)12-16(21)19-9-13(3)8-14(4)10-19/h13-14H,6-12H2,1-5H3. The molecule has 0 spiro atoms. The Hall–Kier alpha value is -1.10. The Balaban J connectivity index is 2.45. The summed E-state index contributed by atoms with van der Waals surface area (Å²) in [6.45, 7) is 12.1. The van der Waals surface area contributed by atoms with Crippen molar-refractivity contribution in [3.63, 3.8) is 0 Å². The lowest BCUT2D eigenvalue weighted by atomic mass is 9.92. The minimum atomic E-state index is 0.0932. The van der Waals surface area contributed by atoms with E-state index in [1.807, 2.05) is 30.7 Å². The first-order chi connectivity index (χ1) is 9.87. The smallest absolute Gasteiger partial charge is 0.236 e. The maximum atomic E-state index is 12.3. The Bertz CT molecular complexity index is 345. The number of likely N-dealkylation sites (N-methyl/N-ethyl adjacent to an activating group) is 2. The van der Waals surface area contributed by atoms with Crippen LogP contribution in [0.25, 0.3) is 0 Å². The molecule has 0 aromatic carbocycles. The number of likely N-dealkylation sites (tertiary alicyclic amines) is 1. The summed E-state index contributed by atoms with van der Waals surface area (Å²) < 4.78 is 0. The number of hydrogen-bond donors (Lipinski definition) is 0. The lowest BCUT2D eigenvalue weighted by Gasteiger charge is -2.36. The molecule has 2 amide bonds. The molecule has 1 heterocycles. The van der Waals surface area contributed by atoms with E-state index in [0.717, 1.165) is 26.2 Å². The molecule has 0 aromatic heterocycles. The first-order valence-corrected chi connectivity index (χ1v) is 8.11. The summed E-state index contributed by atoms with van der Waals surface area (Å²) in [6.07, 6.45) is 1.19. The molecule has 1 fully saturated rings. The molecule has 2 atom stereocenters. The molecule has 1 aliphatic rings. The molecule has 2 unspecified atom stereocenters. The van der Waals surface area contributed by atoms with Gasteiger partial charge >= 0.3 is 0 Å². The van der Waals surface area contributed by atoms with E-state index in [2.05, 4.69) is 13.8 Å². The van der Waals surface area contributed by atoms with Crippen LogP contribution < -0.4 is 0 Å². The largest absolute Gasteiger partial charge is 0.342 e. The summed E-state index contributed by atoms with van der Waals surface area (Å²) in [5.41, 5.74) is 0. The van der Waals surface area contributed by atoms with Crippen LogP contribution >= 0.6 is 0 Å². The molecule has 5 heteroatoms. The highest BCUT2D eigenvalue weighted by Crippen LogP contribution is 2.20. The zero-order valence-electron chi connectivity index (χ0n) is 14.3. The van der Waals surface area contributed by atoms with Crippen LogP contribution in [0.2, 0.25) is 0 Å². The van der Waals surface area contributed by atoms with Crippen molar-refractivity contribution in [3.05, 3.63) is 0 Å². The number of hydrogen-bond acceptors (Lipinski definition) is 3. The van der Waals surface area contributed by atoms with E-state index in [1.165, 1.54) is 6.42 Å². The third kappa shape index (κ3) is 5.65. The van der Waals surface area contributed by atoms with E-state index in [1.54, 1.807) is 4.90 Å². The molecule has 21 heavy (non-hydrogen) atoms. The average Bonchev–Trinajstić information content (AvgIpc) is 2.38. The van der Waals surface area contributed by atoms with Crippen LogP contribution in [0.15, 0.2) is 0 Å². The fourth-order valence-electron chi connectivity index (χ4n) is 3.16. The van der Waals surface area contributed by atoms with Crippen molar-refractivity contribution in [2.45, 2.75) is 34.1 Å². The second kappa shape index (κ2) is 8.37. The molecule has 5 nitrogen and oxygen atoms in total. The quantitative estimate of drug-likeness (QED) is 0.742. The normalized spacial score (nSPS) is 22.5. The van der Waals surface area contributed by atoms with Crippen molar-refractivity contribution >= 4 is 11.8 Å². The van der Waals surface area contributed by atoms with E-state index in [-0.39, 0.29) is 11.8 Å². The summed E-state index contributed by atoms with van der Waals surface area (Å²) in [5.74, 6) is 1.37. The molecule has 0 aliphatic carbocycles. The van der Waals surface area contributed by atoms with Crippen LogP contribution in [0.5, 0.6) is 0 Å². The van der Waals surface area contributed by atoms with Gasteiger partial charge in [-0.1, -0.05) is 13.8 Å². The van der Waals surface area contributed by atoms with Gasteiger partial charge in [-0.2, -0.15) is 0 Å². The summed E-state index contributed by atoms with van der Waals surface area (Å²) in [6, 6.07) is 0. The molecule has 0 aromatic rings. The molecular weight excluding hydrogens is 266 g/mol. The van der Waals surface area contributed by atoms with Gasteiger partial charge in [0.1, 0.15) is 0 Å². The maximum absolute atomic E-state index is 12.3. The molecule has 0 N–H and O–H groups in total. The molecule has 1 rings (SSSR count). The van der Waals surface area contributed by atoms with Crippen molar-refractivity contribution in [2.75, 3.05) is 46.3 Å². The second-order valence-corrected chi connectivity index (χ2v) is 6.48. The van der Waals surface area contributed by atoms with Gasteiger partial charge in [-0.3, -0.25) is 14.5 Å². The third-order valence-electron chi connectivity index (χ3n) is 4.15. The zero-order chi connectivity index (χ0) is 16.0. The average molecular weight is 297 g/mol. The monoisotopic (exact) mass is 297 g/mol. The van der Waals surface area contributed by atoms with E-state index in [0.29, 0.717) is 24.9 Å². The maximum Gasteiger partial charge on any atom is 0.236 e. The van der Waals surface area contributed by atoms with Gasteiger partial charge in [-0.25, -0.2) is 0 Å². The van der Waals surface area contributed by atoms with Gasteiger partial charge in [0.25, 0.3) is 0 Å². The first kappa shape index (κ1) is 18.0. The van der Waals surface area contributed by atoms with Crippen molar-refractivity contribution in [1.29, 1.82) is 0 Å². The van der Waals surface area contributed by atoms with E-state index >= 15 is 0 Å². The van der Waals surface area contributed by atoms with E-state index in [4.69, 9.17) is 0 Å². The molecule has 0 bridgehead atoms. The van der Waals surface area contributed by atoms with Crippen molar-refractivity contribution in [1.82, 2.24) is 14.7 Å². The summed E-state index contributed by atoms with van der Waals surface area (Å²) in [4.78, 5) is 30.0. The molecule has 0 radical (unpaired) electrons. The van der Waals surface area contributed by atoms with Gasteiger partial charge in [0.05, 0.1) is 13.1 Å². The van der Waals surface area contributed by atoms with Crippen molar-refractivity contribution < 1.29 is 9.59 Å². The molecular formula is C16H31N3O2. The first-order valence-electron chi connectivity index (χ1n) is 8.11. The Morgan fingerprint density at radius 3 is 2.05 bits per heavy atom. The number of carbonyl (C=O) groups excluding carboxylic acids is 2. The highest BCUT2D eigenvalue weighted by molar-refractivity contribution is 5.81. The summed E-state index contributed by atoms with van der Waals surface area (Å²) >= 11 is 0. The zero-order valence-corrected chi connectivity index (χ0v) is 14.3.